The number of aryl methyl sites for hydroxylation is 1. The molecule has 1 atom stereocenters. The van der Waals surface area contributed by atoms with E-state index in [-0.39, 0.29) is 24.5 Å². The number of pyridine rings is 1. The minimum atomic E-state index is -4.32. The molecular weight excluding hydrogens is 409 g/mol. The lowest BCUT2D eigenvalue weighted by Crippen LogP contribution is -2.49. The number of alkyl halides is 3. The second-order valence-electron chi connectivity index (χ2n) is 8.05. The van der Waals surface area contributed by atoms with Crippen LogP contribution >= 0.6 is 0 Å². The number of aromatic nitrogens is 1. The van der Waals surface area contributed by atoms with Crippen LogP contribution in [0.3, 0.4) is 0 Å². The number of ether oxygens (including phenoxy) is 1. The first kappa shape index (κ1) is 22.9. The summed E-state index contributed by atoms with van der Waals surface area (Å²) in [5, 5.41) is 6.25. The molecule has 6 nitrogen and oxygen atoms in total. The highest BCUT2D eigenvalue weighted by atomic mass is 19.4. The number of rotatable bonds is 7. The number of carbonyl (C=O) groups excluding carboxylic acids is 1. The molecule has 1 aliphatic heterocycles. The summed E-state index contributed by atoms with van der Waals surface area (Å²) in [4.78, 5) is 19.0. The second-order valence-corrected chi connectivity index (χ2v) is 8.05. The number of benzene rings is 1. The molecule has 2 aromatic rings. The zero-order valence-electron chi connectivity index (χ0n) is 18.0. The van der Waals surface area contributed by atoms with Crippen molar-refractivity contribution >= 4 is 23.1 Å². The zero-order valence-corrected chi connectivity index (χ0v) is 18.0. The molecule has 0 spiro atoms. The molecule has 1 aliphatic rings. The number of amides is 1. The van der Waals surface area contributed by atoms with Gasteiger partial charge in [0, 0.05) is 19.7 Å². The second kappa shape index (κ2) is 9.13. The number of likely N-dealkylation sites (N-methyl/N-ethyl adjacent to an activating group) is 1. The molecule has 9 heteroatoms. The molecule has 2 heterocycles. The van der Waals surface area contributed by atoms with Gasteiger partial charge in [0.25, 0.3) is 0 Å². The monoisotopic (exact) mass is 436 g/mol. The number of nitrogens with zero attached hydrogens (tertiary/aromatic N) is 2. The Morgan fingerprint density at radius 1 is 1.23 bits per heavy atom. The highest BCUT2D eigenvalue weighted by Crippen LogP contribution is 2.36. The van der Waals surface area contributed by atoms with Crippen molar-refractivity contribution in [1.29, 1.82) is 0 Å². The molecule has 0 fully saturated rings. The van der Waals surface area contributed by atoms with E-state index in [4.69, 9.17) is 0 Å². The lowest BCUT2D eigenvalue weighted by molar-refractivity contribution is -0.176. The largest absolute Gasteiger partial charge is 0.411 e. The Morgan fingerprint density at radius 3 is 2.48 bits per heavy atom. The standard InChI is InChI=1S/C22H27F3N4O2/c1-13(2)20-21(30)28-19-14(3)27-18(9-17(19)29(20)4)26-10-15-5-7-16(8-6-15)11-31-12-22(23,24)25/h5-9,13,20H,10-12H2,1-4H3,(H,26,27)(H,28,30). The van der Waals surface area contributed by atoms with Crippen molar-refractivity contribution in [1.82, 2.24) is 4.98 Å². The van der Waals surface area contributed by atoms with Gasteiger partial charge in [0.2, 0.25) is 5.91 Å². The number of anilines is 3. The molecule has 1 amide bonds. The van der Waals surface area contributed by atoms with Crippen LogP contribution in [0.2, 0.25) is 0 Å². The smallest absolute Gasteiger partial charge is 0.367 e. The van der Waals surface area contributed by atoms with Gasteiger partial charge >= 0.3 is 6.18 Å². The van der Waals surface area contributed by atoms with Crippen molar-refractivity contribution in [3.63, 3.8) is 0 Å². The Labute approximate surface area is 179 Å². The molecule has 168 valence electrons. The molecule has 2 N–H and O–H groups in total. The van der Waals surface area contributed by atoms with E-state index in [0.717, 1.165) is 22.6 Å². The van der Waals surface area contributed by atoms with E-state index in [1.165, 1.54) is 0 Å². The molecule has 0 saturated carbocycles. The van der Waals surface area contributed by atoms with Crippen LogP contribution in [0.15, 0.2) is 30.3 Å². The predicted octanol–water partition coefficient (Wildman–Crippen LogP) is 4.49. The van der Waals surface area contributed by atoms with Crippen LogP contribution in [-0.4, -0.2) is 36.8 Å². The maximum Gasteiger partial charge on any atom is 0.411 e. The molecule has 1 aromatic carbocycles. The quantitative estimate of drug-likeness (QED) is 0.669. The highest BCUT2D eigenvalue weighted by molar-refractivity contribution is 6.04. The average molecular weight is 436 g/mol. The van der Waals surface area contributed by atoms with E-state index < -0.39 is 12.8 Å². The fraction of sp³-hybridized carbons (Fsp3) is 0.455. The summed E-state index contributed by atoms with van der Waals surface area (Å²) >= 11 is 0. The van der Waals surface area contributed by atoms with Gasteiger partial charge in [0.1, 0.15) is 18.5 Å². The van der Waals surface area contributed by atoms with Gasteiger partial charge in [0.05, 0.1) is 23.7 Å². The number of carbonyl (C=O) groups is 1. The van der Waals surface area contributed by atoms with Gasteiger partial charge in [-0.3, -0.25) is 4.79 Å². The minimum absolute atomic E-state index is 0.0325. The molecule has 31 heavy (non-hydrogen) atoms. The maximum absolute atomic E-state index is 12.4. The third kappa shape index (κ3) is 5.66. The fourth-order valence-corrected chi connectivity index (χ4v) is 3.68. The van der Waals surface area contributed by atoms with Gasteiger partial charge in [-0.1, -0.05) is 38.1 Å². The van der Waals surface area contributed by atoms with E-state index in [0.29, 0.717) is 17.9 Å². The molecule has 1 unspecified atom stereocenters. The summed E-state index contributed by atoms with van der Waals surface area (Å²) in [5.41, 5.74) is 3.98. The Balaban J connectivity index is 1.65. The van der Waals surface area contributed by atoms with Crippen LogP contribution in [0.4, 0.5) is 30.4 Å². The van der Waals surface area contributed by atoms with Gasteiger partial charge in [-0.25, -0.2) is 4.98 Å². The number of halogens is 3. The van der Waals surface area contributed by atoms with Crippen LogP contribution in [-0.2, 0) is 22.7 Å². The van der Waals surface area contributed by atoms with E-state index in [2.05, 4.69) is 20.4 Å². The summed E-state index contributed by atoms with van der Waals surface area (Å²) < 4.78 is 41.2. The first-order valence-corrected chi connectivity index (χ1v) is 10.1. The Morgan fingerprint density at radius 2 is 1.87 bits per heavy atom. The van der Waals surface area contributed by atoms with Gasteiger partial charge in [-0.15, -0.1) is 0 Å². The number of fused-ring (bicyclic) bond motifs is 1. The molecular formula is C22H27F3N4O2. The maximum atomic E-state index is 12.4. The lowest BCUT2D eigenvalue weighted by Gasteiger charge is -2.38. The van der Waals surface area contributed by atoms with Crippen molar-refractivity contribution < 1.29 is 22.7 Å². The van der Waals surface area contributed by atoms with Gasteiger partial charge in [-0.2, -0.15) is 13.2 Å². The summed E-state index contributed by atoms with van der Waals surface area (Å²) in [6.07, 6.45) is -4.32. The van der Waals surface area contributed by atoms with Crippen LogP contribution in [0.25, 0.3) is 0 Å². The summed E-state index contributed by atoms with van der Waals surface area (Å²) in [5.74, 6) is 0.802. The van der Waals surface area contributed by atoms with Crippen molar-refractivity contribution in [2.24, 2.45) is 5.92 Å². The number of nitrogens with one attached hydrogen (secondary N) is 2. The van der Waals surface area contributed by atoms with Crippen LogP contribution < -0.4 is 15.5 Å². The van der Waals surface area contributed by atoms with E-state index >= 15 is 0 Å². The summed E-state index contributed by atoms with van der Waals surface area (Å²) in [7, 11) is 1.91. The summed E-state index contributed by atoms with van der Waals surface area (Å²) in [6, 6.07) is 8.83. The topological polar surface area (TPSA) is 66.5 Å². The normalized spacial score (nSPS) is 16.3. The number of hydrogen-bond donors (Lipinski definition) is 2. The zero-order chi connectivity index (χ0) is 22.8. The minimum Gasteiger partial charge on any atom is -0.367 e. The SMILES string of the molecule is Cc1nc(NCc2ccc(COCC(F)(F)F)cc2)cc2c1NC(=O)C(C(C)C)N2C. The molecule has 0 saturated heterocycles. The Bertz CT molecular complexity index is 930. The van der Waals surface area contributed by atoms with Crippen LogP contribution in [0.1, 0.15) is 30.7 Å². The van der Waals surface area contributed by atoms with Crippen LogP contribution in [0, 0.1) is 12.8 Å². The highest BCUT2D eigenvalue weighted by Gasteiger charge is 2.34. The molecule has 0 aliphatic carbocycles. The predicted molar refractivity (Wildman–Crippen MR) is 114 cm³/mol. The molecule has 3 rings (SSSR count). The van der Waals surface area contributed by atoms with E-state index in [1.54, 1.807) is 12.1 Å². The van der Waals surface area contributed by atoms with Crippen molar-refractivity contribution in [2.75, 3.05) is 29.2 Å². The third-order valence-electron chi connectivity index (χ3n) is 5.16. The Kier molecular flexibility index (Phi) is 6.74. The Hall–Kier alpha value is -2.81. The average Bonchev–Trinajstić information content (AvgIpc) is 2.67. The molecule has 1 aromatic heterocycles. The lowest BCUT2D eigenvalue weighted by atomic mass is 9.98. The van der Waals surface area contributed by atoms with Gasteiger partial charge in [-0.05, 0) is 24.0 Å². The van der Waals surface area contributed by atoms with Crippen LogP contribution in [0.5, 0.6) is 0 Å². The van der Waals surface area contributed by atoms with Crippen molar-refractivity contribution in [2.45, 2.75) is 46.1 Å². The van der Waals surface area contributed by atoms with E-state index in [9.17, 15) is 18.0 Å². The van der Waals surface area contributed by atoms with E-state index in [1.807, 2.05) is 50.9 Å². The molecule has 0 bridgehead atoms. The van der Waals surface area contributed by atoms with Gasteiger partial charge < -0.3 is 20.3 Å². The fourth-order valence-electron chi connectivity index (χ4n) is 3.68. The van der Waals surface area contributed by atoms with Crippen molar-refractivity contribution in [3.8, 4) is 0 Å². The first-order valence-electron chi connectivity index (χ1n) is 10.1. The summed E-state index contributed by atoms with van der Waals surface area (Å²) in [6.45, 7) is 5.02. The third-order valence-corrected chi connectivity index (χ3v) is 5.16. The van der Waals surface area contributed by atoms with Gasteiger partial charge in [0.15, 0.2) is 0 Å². The number of hydrogen-bond acceptors (Lipinski definition) is 5. The molecule has 0 radical (unpaired) electrons. The first-order chi connectivity index (χ1) is 14.5. The van der Waals surface area contributed by atoms with Crippen molar-refractivity contribution in [3.05, 3.63) is 47.2 Å².